The molecule has 1 aromatic carbocycles. The summed E-state index contributed by atoms with van der Waals surface area (Å²) in [6.07, 6.45) is 0.555. The van der Waals surface area contributed by atoms with Crippen molar-refractivity contribution in [3.8, 4) is 0 Å². The number of amides is 2. The third-order valence-corrected chi connectivity index (χ3v) is 5.73. The Kier molecular flexibility index (Phi) is 5.72. The van der Waals surface area contributed by atoms with Crippen LogP contribution in [-0.2, 0) is 19.4 Å². The van der Waals surface area contributed by atoms with Crippen LogP contribution in [0.2, 0.25) is 0 Å². The molecule has 3 N–H and O–H groups in total. The van der Waals surface area contributed by atoms with Crippen molar-refractivity contribution in [1.82, 2.24) is 15.0 Å². The molecule has 11 heteroatoms. The zero-order chi connectivity index (χ0) is 23.0. The first-order valence-electron chi connectivity index (χ1n) is 9.34. The second-order valence-electron chi connectivity index (χ2n) is 7.92. The third kappa shape index (κ3) is 4.82. The summed E-state index contributed by atoms with van der Waals surface area (Å²) in [6, 6.07) is 7.80. The van der Waals surface area contributed by atoms with E-state index in [-0.39, 0.29) is 16.4 Å². The van der Waals surface area contributed by atoms with Gasteiger partial charge in [0.25, 0.3) is 0 Å². The van der Waals surface area contributed by atoms with Gasteiger partial charge in [0.15, 0.2) is 11.5 Å². The summed E-state index contributed by atoms with van der Waals surface area (Å²) in [6.45, 7) is 6.02. The molecule has 0 radical (unpaired) electrons. The minimum Gasteiger partial charge on any atom is -0.443 e. The zero-order valence-electron chi connectivity index (χ0n) is 17.5. The van der Waals surface area contributed by atoms with Crippen molar-refractivity contribution in [3.63, 3.8) is 0 Å². The Hall–Kier alpha value is -3.47. The number of nitrogens with two attached hydrogens (primary N) is 1. The summed E-state index contributed by atoms with van der Waals surface area (Å²) in [5, 5.41) is -0.500. The number of hydrogen-bond donors (Lipinski definition) is 2. The van der Waals surface area contributed by atoms with Gasteiger partial charge in [-0.25, -0.2) is 28.1 Å². The van der Waals surface area contributed by atoms with Gasteiger partial charge >= 0.3 is 6.09 Å². The number of nitrogens with zero attached hydrogens (tertiary/aromatic N) is 3. The van der Waals surface area contributed by atoms with Gasteiger partial charge in [-0.05, 0) is 51.5 Å². The normalized spacial score (nSPS) is 12.0. The maximum Gasteiger partial charge on any atom is 0.416 e. The van der Waals surface area contributed by atoms with Crippen LogP contribution in [0.25, 0.3) is 11.2 Å². The Morgan fingerprint density at radius 1 is 1.19 bits per heavy atom. The van der Waals surface area contributed by atoms with Crippen LogP contribution in [0.3, 0.4) is 0 Å². The largest absolute Gasteiger partial charge is 0.443 e. The number of rotatable bonds is 5. The van der Waals surface area contributed by atoms with Gasteiger partial charge in [-0.3, -0.25) is 4.79 Å². The number of benzene rings is 1. The number of nitrogens with one attached hydrogen (secondary N) is 1. The fourth-order valence-electron chi connectivity index (χ4n) is 2.79. The van der Waals surface area contributed by atoms with Crippen molar-refractivity contribution in [2.45, 2.75) is 43.2 Å². The number of ether oxygens (including phenoxy) is 1. The highest BCUT2D eigenvalue weighted by Gasteiger charge is 2.34. The van der Waals surface area contributed by atoms with Gasteiger partial charge in [0.05, 0.1) is 4.90 Å². The molecule has 3 rings (SSSR count). The first kappa shape index (κ1) is 22.2. The van der Waals surface area contributed by atoms with E-state index < -0.39 is 39.0 Å². The number of aromatic amines is 1. The third-order valence-electron chi connectivity index (χ3n) is 4.07. The molecule has 0 spiro atoms. The fraction of sp³-hybridized carbons (Fsp3) is 0.300. The summed E-state index contributed by atoms with van der Waals surface area (Å²) < 4.78 is 32.3. The van der Waals surface area contributed by atoms with Crippen LogP contribution in [0.5, 0.6) is 0 Å². The van der Waals surface area contributed by atoms with Crippen molar-refractivity contribution in [1.29, 1.82) is 0 Å². The topological polar surface area (TPSA) is 148 Å². The first-order valence-corrected chi connectivity index (χ1v) is 10.8. The molecule has 164 valence electrons. The van der Waals surface area contributed by atoms with E-state index in [1.807, 2.05) is 0 Å². The van der Waals surface area contributed by atoms with Gasteiger partial charge in [-0.15, -0.1) is 0 Å². The summed E-state index contributed by atoms with van der Waals surface area (Å²) >= 11 is 0. The number of sulfone groups is 1. The minimum atomic E-state index is -4.21. The lowest BCUT2D eigenvalue weighted by Gasteiger charge is -2.26. The van der Waals surface area contributed by atoms with Gasteiger partial charge < -0.3 is 15.5 Å². The van der Waals surface area contributed by atoms with Crippen LogP contribution < -0.4 is 10.6 Å². The number of primary amides is 1. The summed E-state index contributed by atoms with van der Waals surface area (Å²) in [5.41, 5.74) is 5.64. The lowest BCUT2D eigenvalue weighted by molar-refractivity contribution is -0.116. The smallest absolute Gasteiger partial charge is 0.416 e. The fourth-order valence-corrected chi connectivity index (χ4v) is 4.22. The van der Waals surface area contributed by atoms with Gasteiger partial charge in [-0.1, -0.05) is 12.1 Å². The molecule has 0 aliphatic carbocycles. The molecule has 2 amide bonds. The second kappa shape index (κ2) is 7.99. The molecule has 0 saturated carbocycles. The molecular formula is C20H23N5O5S. The van der Waals surface area contributed by atoms with Crippen LogP contribution in [0.4, 0.5) is 10.6 Å². The van der Waals surface area contributed by atoms with Gasteiger partial charge in [0.1, 0.15) is 17.7 Å². The molecule has 0 aliphatic heterocycles. The van der Waals surface area contributed by atoms with E-state index in [9.17, 15) is 18.0 Å². The van der Waals surface area contributed by atoms with E-state index in [2.05, 4.69) is 15.0 Å². The van der Waals surface area contributed by atoms with Crippen LogP contribution in [0, 0.1) is 6.92 Å². The monoisotopic (exact) mass is 445 g/mol. The number of aryl methyl sites for hydroxylation is 1. The van der Waals surface area contributed by atoms with E-state index in [1.54, 1.807) is 45.9 Å². The maximum absolute atomic E-state index is 13.5. The van der Waals surface area contributed by atoms with Crippen molar-refractivity contribution >= 4 is 38.8 Å². The number of aromatic nitrogens is 3. The Morgan fingerprint density at radius 2 is 1.90 bits per heavy atom. The van der Waals surface area contributed by atoms with Crippen LogP contribution in [0.15, 0.2) is 46.5 Å². The van der Waals surface area contributed by atoms with Crippen LogP contribution in [-0.4, -0.2) is 47.5 Å². The lowest BCUT2D eigenvalue weighted by Crippen LogP contribution is -2.43. The summed E-state index contributed by atoms with van der Waals surface area (Å²) in [5.74, 6) is -1.22. The van der Waals surface area contributed by atoms with E-state index in [4.69, 9.17) is 10.5 Å². The molecule has 10 nitrogen and oxygen atoms in total. The second-order valence-corrected chi connectivity index (χ2v) is 9.78. The van der Waals surface area contributed by atoms with Crippen molar-refractivity contribution in [3.05, 3.63) is 42.1 Å². The minimum absolute atomic E-state index is 0.0304. The molecule has 0 fully saturated rings. The number of carbonyl (C=O) groups excluding carboxylic acids is 2. The predicted octanol–water partition coefficient (Wildman–Crippen LogP) is 2.33. The number of fused-ring (bicyclic) bond motifs is 1. The van der Waals surface area contributed by atoms with E-state index in [0.29, 0.717) is 5.52 Å². The number of carbonyl (C=O) groups is 2. The molecule has 0 saturated heterocycles. The van der Waals surface area contributed by atoms with Crippen molar-refractivity contribution in [2.24, 2.45) is 5.73 Å². The number of H-pyrrole nitrogens is 1. The SMILES string of the molecule is Cc1cccc(S(=O)(=O)c2nc3[nH]ccc3nc2N(CC(N)=O)C(=O)OC(C)(C)C)c1. The first-order chi connectivity index (χ1) is 14.4. The van der Waals surface area contributed by atoms with E-state index in [1.165, 1.54) is 18.3 Å². The zero-order valence-corrected chi connectivity index (χ0v) is 18.4. The van der Waals surface area contributed by atoms with Gasteiger partial charge in [-0.2, -0.15) is 0 Å². The molecule has 2 aromatic heterocycles. The Morgan fingerprint density at radius 3 is 2.52 bits per heavy atom. The number of anilines is 1. The molecule has 0 bridgehead atoms. The number of hydrogen-bond acceptors (Lipinski definition) is 7. The predicted molar refractivity (Wildman–Crippen MR) is 113 cm³/mol. The molecule has 0 aliphatic rings. The Bertz CT molecular complexity index is 1260. The van der Waals surface area contributed by atoms with E-state index in [0.717, 1.165) is 10.5 Å². The van der Waals surface area contributed by atoms with Gasteiger partial charge in [0, 0.05) is 6.20 Å². The maximum atomic E-state index is 13.5. The average Bonchev–Trinajstić information content (AvgIpc) is 3.11. The Labute approximate surface area is 179 Å². The Balaban J connectivity index is 2.26. The molecule has 0 atom stereocenters. The molecule has 2 heterocycles. The van der Waals surface area contributed by atoms with Crippen molar-refractivity contribution in [2.75, 3.05) is 11.4 Å². The molecule has 0 unspecified atom stereocenters. The van der Waals surface area contributed by atoms with Crippen molar-refractivity contribution < 1.29 is 22.7 Å². The summed E-state index contributed by atoms with van der Waals surface area (Å²) in [4.78, 5) is 36.6. The lowest BCUT2D eigenvalue weighted by atomic mass is 10.2. The van der Waals surface area contributed by atoms with Crippen LogP contribution >= 0.6 is 0 Å². The van der Waals surface area contributed by atoms with Crippen LogP contribution in [0.1, 0.15) is 26.3 Å². The molecular weight excluding hydrogens is 422 g/mol. The highest BCUT2D eigenvalue weighted by molar-refractivity contribution is 7.91. The molecule has 31 heavy (non-hydrogen) atoms. The highest BCUT2D eigenvalue weighted by Crippen LogP contribution is 2.30. The summed E-state index contributed by atoms with van der Waals surface area (Å²) in [7, 11) is -4.21. The quantitative estimate of drug-likeness (QED) is 0.612. The van der Waals surface area contributed by atoms with E-state index >= 15 is 0 Å². The van der Waals surface area contributed by atoms with Gasteiger partial charge in [0.2, 0.25) is 20.8 Å². The standard InChI is InChI=1S/C20H23N5O5S/c1-12-6-5-7-13(10-12)31(28,29)18-17(23-14-8-9-22-16(14)24-18)25(11-15(21)26)19(27)30-20(2,3)4/h5-10H,11H2,1-4H3,(H2,21,26)(H,22,24). The molecule has 3 aromatic rings. The average molecular weight is 446 g/mol. The highest BCUT2D eigenvalue weighted by atomic mass is 32.2.